The van der Waals surface area contributed by atoms with Crippen LogP contribution in [0.4, 0.5) is 0 Å². The maximum atomic E-state index is 5.92. The second kappa shape index (κ2) is 6.78. The fourth-order valence-electron chi connectivity index (χ4n) is 2.57. The second-order valence-electron chi connectivity index (χ2n) is 4.84. The van der Waals surface area contributed by atoms with Gasteiger partial charge < -0.3 is 14.8 Å². The highest BCUT2D eigenvalue weighted by Crippen LogP contribution is 2.32. The first-order chi connectivity index (χ1) is 8.35. The third kappa shape index (κ3) is 3.98. The molecule has 2 aliphatic heterocycles. The number of nitrogens with one attached hydrogen (secondary N) is 1. The van der Waals surface area contributed by atoms with E-state index < -0.39 is 0 Å². The van der Waals surface area contributed by atoms with Crippen molar-refractivity contribution in [2.75, 3.05) is 37.9 Å². The van der Waals surface area contributed by atoms with Crippen LogP contribution in [0.1, 0.15) is 19.3 Å². The van der Waals surface area contributed by atoms with Gasteiger partial charge in [-0.1, -0.05) is 6.08 Å². The summed E-state index contributed by atoms with van der Waals surface area (Å²) in [6, 6.07) is 0.606. The minimum atomic E-state index is 0.0319. The van der Waals surface area contributed by atoms with E-state index in [0.29, 0.717) is 6.04 Å². The van der Waals surface area contributed by atoms with Crippen LogP contribution in [0.2, 0.25) is 0 Å². The van der Waals surface area contributed by atoms with Crippen LogP contribution < -0.4 is 5.32 Å². The van der Waals surface area contributed by atoms with E-state index in [-0.39, 0.29) is 5.60 Å². The van der Waals surface area contributed by atoms with Gasteiger partial charge in [0, 0.05) is 43.7 Å². The SMILES string of the molecule is C=CCSCCNC1CCOC2(CCOC2)C1. The van der Waals surface area contributed by atoms with E-state index in [1.807, 2.05) is 17.8 Å². The standard InChI is InChI=1S/C13H23NO2S/c1-2-8-17-9-5-14-12-3-6-16-13(10-12)4-7-15-11-13/h2,12,14H,1,3-11H2. The van der Waals surface area contributed by atoms with Gasteiger partial charge in [-0.15, -0.1) is 6.58 Å². The van der Waals surface area contributed by atoms with Crippen LogP contribution >= 0.6 is 11.8 Å². The minimum Gasteiger partial charge on any atom is -0.378 e. The number of rotatable bonds is 6. The Balaban J connectivity index is 1.65. The molecule has 0 bridgehead atoms. The molecular weight excluding hydrogens is 234 g/mol. The lowest BCUT2D eigenvalue weighted by Crippen LogP contribution is -2.47. The van der Waals surface area contributed by atoms with Crippen LogP contribution in [0.5, 0.6) is 0 Å². The first-order valence-electron chi connectivity index (χ1n) is 6.48. The molecule has 2 atom stereocenters. The molecule has 0 aromatic heterocycles. The molecule has 0 aromatic carbocycles. The molecule has 0 radical (unpaired) electrons. The summed E-state index contributed by atoms with van der Waals surface area (Å²) in [5.41, 5.74) is 0.0319. The molecule has 2 unspecified atom stereocenters. The molecule has 1 N–H and O–H groups in total. The number of hydrogen-bond acceptors (Lipinski definition) is 4. The third-order valence-electron chi connectivity index (χ3n) is 3.48. The van der Waals surface area contributed by atoms with Crippen LogP contribution in [-0.2, 0) is 9.47 Å². The molecular formula is C13H23NO2S. The van der Waals surface area contributed by atoms with Gasteiger partial charge in [0.1, 0.15) is 0 Å². The van der Waals surface area contributed by atoms with Crippen molar-refractivity contribution in [2.45, 2.75) is 30.9 Å². The topological polar surface area (TPSA) is 30.5 Å². The lowest BCUT2D eigenvalue weighted by atomic mass is 9.90. The molecule has 2 aliphatic rings. The molecule has 2 rings (SSSR count). The van der Waals surface area contributed by atoms with Crippen molar-refractivity contribution in [3.63, 3.8) is 0 Å². The highest BCUT2D eigenvalue weighted by atomic mass is 32.2. The van der Waals surface area contributed by atoms with Crippen LogP contribution in [-0.4, -0.2) is 49.5 Å². The fraction of sp³-hybridized carbons (Fsp3) is 0.846. The van der Waals surface area contributed by atoms with Crippen molar-refractivity contribution >= 4 is 11.8 Å². The summed E-state index contributed by atoms with van der Waals surface area (Å²) < 4.78 is 11.4. The van der Waals surface area contributed by atoms with Gasteiger partial charge in [0.25, 0.3) is 0 Å². The van der Waals surface area contributed by atoms with Crippen LogP contribution in [0.25, 0.3) is 0 Å². The molecule has 0 aromatic rings. The number of thioether (sulfide) groups is 1. The molecule has 98 valence electrons. The van der Waals surface area contributed by atoms with Crippen LogP contribution in [0.15, 0.2) is 12.7 Å². The molecule has 0 saturated carbocycles. The lowest BCUT2D eigenvalue weighted by Gasteiger charge is -2.37. The first kappa shape index (κ1) is 13.4. The van der Waals surface area contributed by atoms with Gasteiger partial charge in [0.15, 0.2) is 0 Å². The average molecular weight is 257 g/mol. The largest absolute Gasteiger partial charge is 0.378 e. The Morgan fingerprint density at radius 2 is 2.41 bits per heavy atom. The molecule has 17 heavy (non-hydrogen) atoms. The summed E-state index contributed by atoms with van der Waals surface area (Å²) >= 11 is 1.93. The zero-order chi connectivity index (χ0) is 12.0. The summed E-state index contributed by atoms with van der Waals surface area (Å²) in [7, 11) is 0. The fourth-order valence-corrected chi connectivity index (χ4v) is 3.16. The zero-order valence-corrected chi connectivity index (χ0v) is 11.3. The lowest BCUT2D eigenvalue weighted by molar-refractivity contribution is -0.0890. The third-order valence-corrected chi connectivity index (χ3v) is 4.44. The quantitative estimate of drug-likeness (QED) is 0.581. The predicted octanol–water partition coefficient (Wildman–Crippen LogP) is 1.83. The average Bonchev–Trinajstić information content (AvgIpc) is 2.77. The predicted molar refractivity (Wildman–Crippen MR) is 72.7 cm³/mol. The molecule has 0 amide bonds. The van der Waals surface area contributed by atoms with Crippen molar-refractivity contribution in [3.8, 4) is 0 Å². The summed E-state index contributed by atoms with van der Waals surface area (Å²) in [6.45, 7) is 7.33. The van der Waals surface area contributed by atoms with Crippen molar-refractivity contribution < 1.29 is 9.47 Å². The molecule has 2 heterocycles. The van der Waals surface area contributed by atoms with Crippen molar-refractivity contribution in [1.82, 2.24) is 5.32 Å². The van der Waals surface area contributed by atoms with E-state index in [9.17, 15) is 0 Å². The summed E-state index contributed by atoms with van der Waals surface area (Å²) in [6.07, 6.45) is 5.27. The number of hydrogen-bond donors (Lipinski definition) is 1. The molecule has 0 aliphatic carbocycles. The van der Waals surface area contributed by atoms with Gasteiger partial charge in [-0.25, -0.2) is 0 Å². The van der Waals surface area contributed by atoms with E-state index in [2.05, 4.69) is 11.9 Å². The van der Waals surface area contributed by atoms with E-state index in [1.165, 1.54) is 0 Å². The maximum Gasteiger partial charge on any atom is 0.0951 e. The Labute approximate surface area is 108 Å². The first-order valence-corrected chi connectivity index (χ1v) is 7.64. The summed E-state index contributed by atoms with van der Waals surface area (Å²) in [5.74, 6) is 2.21. The van der Waals surface area contributed by atoms with Gasteiger partial charge in [-0.3, -0.25) is 0 Å². The highest BCUT2D eigenvalue weighted by molar-refractivity contribution is 7.99. The van der Waals surface area contributed by atoms with Gasteiger partial charge in [0.05, 0.1) is 12.2 Å². The van der Waals surface area contributed by atoms with Gasteiger partial charge in [-0.05, 0) is 12.8 Å². The Bertz CT molecular complexity index is 242. The van der Waals surface area contributed by atoms with E-state index in [0.717, 1.165) is 57.1 Å². The Morgan fingerprint density at radius 3 is 3.18 bits per heavy atom. The summed E-state index contributed by atoms with van der Waals surface area (Å²) in [5, 5.41) is 3.64. The van der Waals surface area contributed by atoms with Crippen LogP contribution in [0, 0.1) is 0 Å². The second-order valence-corrected chi connectivity index (χ2v) is 5.99. The normalized spacial score (nSPS) is 33.1. The van der Waals surface area contributed by atoms with Gasteiger partial charge in [-0.2, -0.15) is 11.8 Å². The monoisotopic (exact) mass is 257 g/mol. The maximum absolute atomic E-state index is 5.92. The van der Waals surface area contributed by atoms with Crippen molar-refractivity contribution in [3.05, 3.63) is 12.7 Å². The molecule has 2 saturated heterocycles. The van der Waals surface area contributed by atoms with Crippen molar-refractivity contribution in [1.29, 1.82) is 0 Å². The molecule has 2 fully saturated rings. The Kier molecular flexibility index (Phi) is 5.35. The van der Waals surface area contributed by atoms with E-state index in [4.69, 9.17) is 9.47 Å². The molecule has 3 nitrogen and oxygen atoms in total. The van der Waals surface area contributed by atoms with Gasteiger partial charge >= 0.3 is 0 Å². The van der Waals surface area contributed by atoms with E-state index in [1.54, 1.807) is 0 Å². The Hall–Kier alpha value is -0.0300. The summed E-state index contributed by atoms with van der Waals surface area (Å²) in [4.78, 5) is 0. The van der Waals surface area contributed by atoms with Gasteiger partial charge in [0.2, 0.25) is 0 Å². The molecule has 1 spiro atoms. The molecule has 4 heteroatoms. The zero-order valence-electron chi connectivity index (χ0n) is 10.5. The Morgan fingerprint density at radius 1 is 1.47 bits per heavy atom. The smallest absolute Gasteiger partial charge is 0.0951 e. The van der Waals surface area contributed by atoms with Crippen molar-refractivity contribution in [2.24, 2.45) is 0 Å². The minimum absolute atomic E-state index is 0.0319. The number of ether oxygens (including phenoxy) is 2. The highest BCUT2D eigenvalue weighted by Gasteiger charge is 2.40. The van der Waals surface area contributed by atoms with Crippen LogP contribution in [0.3, 0.4) is 0 Å². The van der Waals surface area contributed by atoms with E-state index >= 15 is 0 Å².